The molecule has 0 aliphatic carbocycles. The molecule has 1 rings (SSSR count). The zero-order valence-corrected chi connectivity index (χ0v) is 9.81. The number of hydrogen-bond donors (Lipinski definition) is 2. The molecule has 1 aromatic carbocycles. The maximum absolute atomic E-state index is 11.3. The average Bonchev–Trinajstić information content (AvgIpc) is 2.37. The first-order chi connectivity index (χ1) is 8.26. The minimum atomic E-state index is -0.187. The first kappa shape index (κ1) is 13.5. The maximum Gasteiger partial charge on any atom is 0.258 e. The number of carbonyl (C=O) groups is 1. The van der Waals surface area contributed by atoms with E-state index in [0.717, 1.165) is 5.56 Å². The highest BCUT2D eigenvalue weighted by atomic mass is 16.5. The van der Waals surface area contributed by atoms with Crippen molar-refractivity contribution in [1.29, 1.82) is 0 Å². The van der Waals surface area contributed by atoms with Gasteiger partial charge in [-0.1, -0.05) is 12.1 Å². The standard InChI is InChI=1S/C12H17NO4/c1-16-7-6-13-12(15)9-17-11-4-2-10(8-14)3-5-11/h2-5,14H,6-9H2,1H3,(H,13,15). The fourth-order valence-electron chi connectivity index (χ4n) is 1.18. The summed E-state index contributed by atoms with van der Waals surface area (Å²) in [5.74, 6) is 0.414. The molecule has 1 aromatic rings. The third kappa shape index (κ3) is 5.33. The lowest BCUT2D eigenvalue weighted by Gasteiger charge is -2.07. The summed E-state index contributed by atoms with van der Waals surface area (Å²) < 4.78 is 10.1. The Bertz CT molecular complexity index is 337. The Labute approximate surface area is 100 Å². The van der Waals surface area contributed by atoms with E-state index in [1.54, 1.807) is 31.4 Å². The molecule has 1 amide bonds. The Morgan fingerprint density at radius 3 is 2.65 bits per heavy atom. The van der Waals surface area contributed by atoms with Gasteiger partial charge in [-0.15, -0.1) is 0 Å². The lowest BCUT2D eigenvalue weighted by molar-refractivity contribution is -0.123. The molecule has 0 aliphatic heterocycles. The fraction of sp³-hybridized carbons (Fsp3) is 0.417. The fourth-order valence-corrected chi connectivity index (χ4v) is 1.18. The molecular formula is C12H17NO4. The molecule has 2 N–H and O–H groups in total. The minimum Gasteiger partial charge on any atom is -0.484 e. The van der Waals surface area contributed by atoms with Crippen LogP contribution in [-0.2, 0) is 16.1 Å². The molecule has 0 bridgehead atoms. The van der Waals surface area contributed by atoms with E-state index in [1.165, 1.54) is 0 Å². The average molecular weight is 239 g/mol. The van der Waals surface area contributed by atoms with E-state index < -0.39 is 0 Å². The molecule has 5 heteroatoms. The van der Waals surface area contributed by atoms with Gasteiger partial charge < -0.3 is 19.9 Å². The molecule has 17 heavy (non-hydrogen) atoms. The van der Waals surface area contributed by atoms with Gasteiger partial charge in [-0.2, -0.15) is 0 Å². The first-order valence-corrected chi connectivity index (χ1v) is 5.34. The predicted octanol–water partition coefficient (Wildman–Crippen LogP) is 0.320. The third-order valence-electron chi connectivity index (χ3n) is 2.10. The summed E-state index contributed by atoms with van der Waals surface area (Å²) in [6.07, 6.45) is 0. The normalized spacial score (nSPS) is 10.0. The van der Waals surface area contributed by atoms with Crippen LogP contribution in [0.1, 0.15) is 5.56 Å². The second-order valence-corrected chi connectivity index (χ2v) is 3.43. The monoisotopic (exact) mass is 239 g/mol. The van der Waals surface area contributed by atoms with Crippen molar-refractivity contribution >= 4 is 5.91 Å². The number of amides is 1. The van der Waals surface area contributed by atoms with Crippen LogP contribution in [-0.4, -0.2) is 37.9 Å². The lowest BCUT2D eigenvalue weighted by Crippen LogP contribution is -2.31. The highest BCUT2D eigenvalue weighted by molar-refractivity contribution is 5.77. The van der Waals surface area contributed by atoms with Gasteiger partial charge in [0.2, 0.25) is 0 Å². The topological polar surface area (TPSA) is 67.8 Å². The van der Waals surface area contributed by atoms with E-state index >= 15 is 0 Å². The second kappa shape index (κ2) is 7.65. The minimum absolute atomic E-state index is 0.00220. The Morgan fingerprint density at radius 2 is 2.06 bits per heavy atom. The van der Waals surface area contributed by atoms with Crippen LogP contribution in [0, 0.1) is 0 Å². The number of aliphatic hydroxyl groups is 1. The molecule has 0 radical (unpaired) electrons. The largest absolute Gasteiger partial charge is 0.484 e. The van der Waals surface area contributed by atoms with Gasteiger partial charge in [0.05, 0.1) is 13.2 Å². The van der Waals surface area contributed by atoms with Crippen LogP contribution in [0.15, 0.2) is 24.3 Å². The molecule has 5 nitrogen and oxygen atoms in total. The highest BCUT2D eigenvalue weighted by Crippen LogP contribution is 2.11. The smallest absolute Gasteiger partial charge is 0.258 e. The summed E-state index contributed by atoms with van der Waals surface area (Å²) in [5, 5.41) is 11.5. The molecule has 0 saturated carbocycles. The van der Waals surface area contributed by atoms with Crippen molar-refractivity contribution < 1.29 is 19.4 Å². The van der Waals surface area contributed by atoms with Crippen LogP contribution in [0.4, 0.5) is 0 Å². The number of hydrogen-bond acceptors (Lipinski definition) is 4. The second-order valence-electron chi connectivity index (χ2n) is 3.43. The Hall–Kier alpha value is -1.59. The number of rotatable bonds is 7. The van der Waals surface area contributed by atoms with Gasteiger partial charge in [-0.05, 0) is 17.7 Å². The summed E-state index contributed by atoms with van der Waals surface area (Å²) in [7, 11) is 1.57. The van der Waals surface area contributed by atoms with Crippen LogP contribution < -0.4 is 10.1 Å². The number of carbonyl (C=O) groups excluding carboxylic acids is 1. The van der Waals surface area contributed by atoms with Crippen molar-refractivity contribution in [3.63, 3.8) is 0 Å². The van der Waals surface area contributed by atoms with Gasteiger partial charge in [-0.25, -0.2) is 0 Å². The van der Waals surface area contributed by atoms with Crippen molar-refractivity contribution in [2.75, 3.05) is 26.9 Å². The van der Waals surface area contributed by atoms with Crippen molar-refractivity contribution in [2.45, 2.75) is 6.61 Å². The quantitative estimate of drug-likeness (QED) is 0.672. The van der Waals surface area contributed by atoms with Crippen LogP contribution >= 0.6 is 0 Å². The van der Waals surface area contributed by atoms with E-state index in [2.05, 4.69) is 5.32 Å². The Balaban J connectivity index is 2.27. The molecule has 0 saturated heterocycles. The summed E-state index contributed by atoms with van der Waals surface area (Å²) in [6, 6.07) is 6.93. The Kier molecular flexibility index (Phi) is 6.06. The summed E-state index contributed by atoms with van der Waals surface area (Å²) in [5.41, 5.74) is 0.807. The van der Waals surface area contributed by atoms with E-state index in [0.29, 0.717) is 18.9 Å². The molecular weight excluding hydrogens is 222 g/mol. The van der Waals surface area contributed by atoms with E-state index in [-0.39, 0.29) is 19.1 Å². The summed E-state index contributed by atoms with van der Waals surface area (Å²) in [6.45, 7) is 0.930. The number of nitrogens with one attached hydrogen (secondary N) is 1. The molecule has 0 unspecified atom stereocenters. The van der Waals surface area contributed by atoms with Gasteiger partial charge in [0, 0.05) is 13.7 Å². The zero-order valence-electron chi connectivity index (χ0n) is 9.81. The summed E-state index contributed by atoms with van der Waals surface area (Å²) >= 11 is 0. The van der Waals surface area contributed by atoms with Crippen molar-refractivity contribution in [1.82, 2.24) is 5.32 Å². The lowest BCUT2D eigenvalue weighted by atomic mass is 10.2. The number of aliphatic hydroxyl groups excluding tert-OH is 1. The number of methoxy groups -OCH3 is 1. The maximum atomic E-state index is 11.3. The molecule has 0 atom stereocenters. The highest BCUT2D eigenvalue weighted by Gasteiger charge is 2.01. The Morgan fingerprint density at radius 1 is 1.35 bits per heavy atom. The van der Waals surface area contributed by atoms with Gasteiger partial charge in [0.1, 0.15) is 5.75 Å². The predicted molar refractivity (Wildman–Crippen MR) is 62.7 cm³/mol. The van der Waals surface area contributed by atoms with Crippen LogP contribution in [0.25, 0.3) is 0 Å². The molecule has 0 aromatic heterocycles. The van der Waals surface area contributed by atoms with Gasteiger partial charge in [0.15, 0.2) is 6.61 Å². The van der Waals surface area contributed by atoms with E-state index in [1.807, 2.05) is 0 Å². The van der Waals surface area contributed by atoms with Crippen LogP contribution in [0.5, 0.6) is 5.75 Å². The third-order valence-corrected chi connectivity index (χ3v) is 2.10. The number of ether oxygens (including phenoxy) is 2. The van der Waals surface area contributed by atoms with Crippen LogP contribution in [0.2, 0.25) is 0 Å². The SMILES string of the molecule is COCCNC(=O)COc1ccc(CO)cc1. The number of benzene rings is 1. The molecule has 0 fully saturated rings. The molecule has 0 heterocycles. The van der Waals surface area contributed by atoms with Gasteiger partial charge in [-0.3, -0.25) is 4.79 Å². The van der Waals surface area contributed by atoms with Crippen LogP contribution in [0.3, 0.4) is 0 Å². The first-order valence-electron chi connectivity index (χ1n) is 5.34. The zero-order chi connectivity index (χ0) is 12.5. The van der Waals surface area contributed by atoms with Crippen molar-refractivity contribution in [3.05, 3.63) is 29.8 Å². The van der Waals surface area contributed by atoms with E-state index in [9.17, 15) is 4.79 Å². The van der Waals surface area contributed by atoms with Crippen molar-refractivity contribution in [2.24, 2.45) is 0 Å². The molecule has 0 aliphatic rings. The van der Waals surface area contributed by atoms with Crippen molar-refractivity contribution in [3.8, 4) is 5.75 Å². The summed E-state index contributed by atoms with van der Waals surface area (Å²) in [4.78, 5) is 11.3. The van der Waals surface area contributed by atoms with Gasteiger partial charge >= 0.3 is 0 Å². The van der Waals surface area contributed by atoms with E-state index in [4.69, 9.17) is 14.6 Å². The van der Waals surface area contributed by atoms with Gasteiger partial charge in [0.25, 0.3) is 5.91 Å². The molecule has 94 valence electrons. The molecule has 0 spiro atoms.